The zero-order valence-electron chi connectivity index (χ0n) is 10.8. The highest BCUT2D eigenvalue weighted by molar-refractivity contribution is 7.99. The average Bonchev–Trinajstić information content (AvgIpc) is 3.18. The van der Waals surface area contributed by atoms with Gasteiger partial charge in [-0.15, -0.1) is 11.8 Å². The zero-order chi connectivity index (χ0) is 12.7. The van der Waals surface area contributed by atoms with Crippen molar-refractivity contribution in [2.24, 2.45) is 0 Å². The monoisotopic (exact) mass is 271 g/mol. The zero-order valence-corrected chi connectivity index (χ0v) is 11.6. The van der Waals surface area contributed by atoms with Crippen LogP contribution in [-0.4, -0.2) is 20.9 Å². The molecular weight excluding hydrogens is 254 g/mol. The molecule has 0 bridgehead atoms. The number of H-pyrrole nitrogens is 1. The van der Waals surface area contributed by atoms with Crippen LogP contribution in [0.2, 0.25) is 0 Å². The second-order valence-corrected chi connectivity index (χ2v) is 6.52. The van der Waals surface area contributed by atoms with Crippen LogP contribution in [0.25, 0.3) is 0 Å². The van der Waals surface area contributed by atoms with Crippen LogP contribution >= 0.6 is 11.8 Å². The molecule has 1 aliphatic carbocycles. The molecule has 2 heterocycles. The lowest BCUT2D eigenvalue weighted by atomic mass is 10.0. The second-order valence-electron chi connectivity index (χ2n) is 5.46. The van der Waals surface area contributed by atoms with Gasteiger partial charge in [-0.1, -0.05) is 31.0 Å². The number of nitrogens with zero attached hydrogens (tertiary/aromatic N) is 2. The molecule has 1 atom stereocenters. The van der Waals surface area contributed by atoms with Crippen LogP contribution in [0.3, 0.4) is 0 Å². The van der Waals surface area contributed by atoms with Gasteiger partial charge in [-0.2, -0.15) is 5.10 Å². The Morgan fingerprint density at radius 2 is 2.00 bits per heavy atom. The normalized spacial score (nSPS) is 22.8. The summed E-state index contributed by atoms with van der Waals surface area (Å²) in [5.74, 6) is 4.16. The summed E-state index contributed by atoms with van der Waals surface area (Å²) in [4.78, 5) is 6.19. The van der Waals surface area contributed by atoms with Crippen LogP contribution in [0.15, 0.2) is 29.2 Å². The Kier molecular flexibility index (Phi) is 2.84. The third-order valence-electron chi connectivity index (χ3n) is 4.27. The van der Waals surface area contributed by atoms with Gasteiger partial charge in [-0.05, 0) is 24.5 Å². The Morgan fingerprint density at radius 3 is 2.89 bits per heavy atom. The number of nitrogens with one attached hydrogen (secondary N) is 1. The van der Waals surface area contributed by atoms with Crippen molar-refractivity contribution in [3.63, 3.8) is 0 Å². The van der Waals surface area contributed by atoms with Gasteiger partial charge in [0.1, 0.15) is 5.82 Å². The largest absolute Gasteiger partial charge is 0.262 e. The standard InChI is InChI=1S/C15H17N3S/c1-2-6-10(5-1)14-16-15(18-17-14)12-9-19-13-8-4-3-7-11(12)13/h3-4,7-8,10,12H,1-2,5-6,9H2,(H,16,17,18). The molecule has 98 valence electrons. The van der Waals surface area contributed by atoms with Crippen LogP contribution in [0.1, 0.15) is 54.7 Å². The minimum atomic E-state index is 0.392. The molecule has 1 aromatic carbocycles. The van der Waals surface area contributed by atoms with E-state index in [2.05, 4.69) is 34.5 Å². The maximum absolute atomic E-state index is 4.79. The molecular formula is C15H17N3S. The van der Waals surface area contributed by atoms with E-state index >= 15 is 0 Å². The van der Waals surface area contributed by atoms with Gasteiger partial charge in [-0.3, -0.25) is 5.10 Å². The van der Waals surface area contributed by atoms with Gasteiger partial charge in [0.25, 0.3) is 0 Å². The minimum Gasteiger partial charge on any atom is -0.262 e. The van der Waals surface area contributed by atoms with Crippen molar-refractivity contribution in [3.8, 4) is 0 Å². The fraction of sp³-hybridized carbons (Fsp3) is 0.467. The molecule has 0 saturated heterocycles. The minimum absolute atomic E-state index is 0.392. The molecule has 1 aliphatic heterocycles. The summed E-state index contributed by atoms with van der Waals surface area (Å²) in [6, 6.07) is 8.65. The number of aromatic amines is 1. The first-order valence-corrected chi connectivity index (χ1v) is 8.04. The molecule has 2 aromatic rings. The van der Waals surface area contributed by atoms with Crippen LogP contribution in [0, 0.1) is 0 Å². The molecule has 1 fully saturated rings. The van der Waals surface area contributed by atoms with Crippen molar-refractivity contribution in [1.29, 1.82) is 0 Å². The number of fused-ring (bicyclic) bond motifs is 1. The lowest BCUT2D eigenvalue weighted by Gasteiger charge is -2.06. The van der Waals surface area contributed by atoms with Crippen molar-refractivity contribution >= 4 is 11.8 Å². The maximum atomic E-state index is 4.79. The van der Waals surface area contributed by atoms with Crippen molar-refractivity contribution in [3.05, 3.63) is 41.5 Å². The molecule has 0 radical (unpaired) electrons. The fourth-order valence-electron chi connectivity index (χ4n) is 3.20. The summed E-state index contributed by atoms with van der Waals surface area (Å²) >= 11 is 1.92. The summed E-state index contributed by atoms with van der Waals surface area (Å²) in [6.07, 6.45) is 5.17. The molecule has 1 aromatic heterocycles. The third kappa shape index (κ3) is 1.98. The Labute approximate surface area is 117 Å². The molecule has 4 rings (SSSR count). The Morgan fingerprint density at radius 1 is 1.16 bits per heavy atom. The summed E-state index contributed by atoms with van der Waals surface area (Å²) < 4.78 is 0. The fourth-order valence-corrected chi connectivity index (χ4v) is 4.43. The van der Waals surface area contributed by atoms with E-state index < -0.39 is 0 Å². The van der Waals surface area contributed by atoms with Gasteiger partial charge >= 0.3 is 0 Å². The van der Waals surface area contributed by atoms with Crippen LogP contribution in [0.5, 0.6) is 0 Å². The van der Waals surface area contributed by atoms with Gasteiger partial charge in [0, 0.05) is 16.6 Å². The summed E-state index contributed by atoms with van der Waals surface area (Å²) in [6.45, 7) is 0. The van der Waals surface area contributed by atoms with Crippen LogP contribution in [-0.2, 0) is 0 Å². The van der Waals surface area contributed by atoms with E-state index in [4.69, 9.17) is 4.98 Å². The lowest BCUT2D eigenvalue weighted by molar-refractivity contribution is 0.671. The SMILES string of the molecule is c1ccc2c(c1)SCC2c1nc(C2CCCC2)n[nH]1. The number of rotatable bonds is 2. The van der Waals surface area contributed by atoms with Crippen molar-refractivity contribution in [1.82, 2.24) is 15.2 Å². The van der Waals surface area contributed by atoms with Gasteiger partial charge in [0.2, 0.25) is 0 Å². The van der Waals surface area contributed by atoms with E-state index in [0.29, 0.717) is 11.8 Å². The molecule has 2 aliphatic rings. The molecule has 4 heteroatoms. The second kappa shape index (κ2) is 4.67. The highest BCUT2D eigenvalue weighted by Gasteiger charge is 2.28. The molecule has 0 amide bonds. The predicted octanol–water partition coefficient (Wildman–Crippen LogP) is 3.70. The van der Waals surface area contributed by atoms with E-state index in [1.54, 1.807) is 0 Å². The topological polar surface area (TPSA) is 41.6 Å². The number of aromatic nitrogens is 3. The number of hydrogen-bond donors (Lipinski definition) is 1. The summed E-state index contributed by atoms with van der Waals surface area (Å²) in [5, 5.41) is 7.66. The Balaban J connectivity index is 1.63. The van der Waals surface area contributed by atoms with Crippen molar-refractivity contribution in [2.45, 2.75) is 42.4 Å². The number of thioether (sulfide) groups is 1. The predicted molar refractivity (Wildman–Crippen MR) is 76.6 cm³/mol. The van der Waals surface area contributed by atoms with Gasteiger partial charge in [0.15, 0.2) is 5.82 Å². The van der Waals surface area contributed by atoms with Crippen molar-refractivity contribution in [2.75, 3.05) is 5.75 Å². The first-order valence-electron chi connectivity index (χ1n) is 7.06. The van der Waals surface area contributed by atoms with E-state index in [1.165, 1.54) is 36.1 Å². The van der Waals surface area contributed by atoms with Crippen LogP contribution in [0.4, 0.5) is 0 Å². The first-order chi connectivity index (χ1) is 9.42. The number of benzene rings is 1. The third-order valence-corrected chi connectivity index (χ3v) is 5.45. The molecule has 19 heavy (non-hydrogen) atoms. The van der Waals surface area contributed by atoms with E-state index in [9.17, 15) is 0 Å². The first kappa shape index (κ1) is 11.5. The lowest BCUT2D eigenvalue weighted by Crippen LogP contribution is -2.02. The van der Waals surface area contributed by atoms with Gasteiger partial charge in [0.05, 0.1) is 5.92 Å². The van der Waals surface area contributed by atoms with Crippen LogP contribution < -0.4 is 0 Å². The quantitative estimate of drug-likeness (QED) is 0.905. The molecule has 1 saturated carbocycles. The molecule has 0 spiro atoms. The molecule has 3 nitrogen and oxygen atoms in total. The maximum Gasteiger partial charge on any atom is 0.153 e. The van der Waals surface area contributed by atoms with E-state index in [-0.39, 0.29) is 0 Å². The van der Waals surface area contributed by atoms with Gasteiger partial charge in [-0.25, -0.2) is 4.98 Å². The Hall–Kier alpha value is -1.29. The summed E-state index contributed by atoms with van der Waals surface area (Å²) in [7, 11) is 0. The van der Waals surface area contributed by atoms with E-state index in [0.717, 1.165) is 17.4 Å². The smallest absolute Gasteiger partial charge is 0.153 e. The molecule has 1 N–H and O–H groups in total. The van der Waals surface area contributed by atoms with E-state index in [1.807, 2.05) is 11.8 Å². The van der Waals surface area contributed by atoms with Crippen molar-refractivity contribution < 1.29 is 0 Å². The van der Waals surface area contributed by atoms with Gasteiger partial charge < -0.3 is 0 Å². The Bertz CT molecular complexity index is 587. The highest BCUT2D eigenvalue weighted by Crippen LogP contribution is 2.42. The number of hydrogen-bond acceptors (Lipinski definition) is 3. The summed E-state index contributed by atoms with van der Waals surface area (Å²) in [5.41, 5.74) is 1.40. The average molecular weight is 271 g/mol. The highest BCUT2D eigenvalue weighted by atomic mass is 32.2. The molecule has 1 unspecified atom stereocenters.